The summed E-state index contributed by atoms with van der Waals surface area (Å²) in [6.07, 6.45) is 2.29. The molecule has 0 saturated heterocycles. The third kappa shape index (κ3) is 5.17. The van der Waals surface area contributed by atoms with Gasteiger partial charge in [-0.15, -0.1) is 0 Å². The molecule has 0 fully saturated rings. The van der Waals surface area contributed by atoms with Crippen molar-refractivity contribution in [1.29, 1.82) is 0 Å². The molecule has 2 aromatic heterocycles. The van der Waals surface area contributed by atoms with Gasteiger partial charge in [0.2, 0.25) is 0 Å². The minimum atomic E-state index is -0.427. The maximum Gasteiger partial charge on any atom is 0.328 e. The van der Waals surface area contributed by atoms with Crippen LogP contribution in [0.1, 0.15) is 37.9 Å². The van der Waals surface area contributed by atoms with Crippen LogP contribution in [0.3, 0.4) is 0 Å². The summed E-state index contributed by atoms with van der Waals surface area (Å²) in [5.74, 6) is 0.637. The number of nitrogens with zero attached hydrogens (tertiary/aromatic N) is 3. The average Bonchev–Trinajstić information content (AvgIpc) is 3.20. The van der Waals surface area contributed by atoms with Crippen LogP contribution in [0.25, 0.3) is 22.4 Å². The van der Waals surface area contributed by atoms with E-state index in [0.717, 1.165) is 24.1 Å². The molecule has 2 heterocycles. The first-order valence-corrected chi connectivity index (χ1v) is 11.5. The molecule has 0 aliphatic carbocycles. The van der Waals surface area contributed by atoms with Gasteiger partial charge in [0.1, 0.15) is 30.2 Å². The highest BCUT2D eigenvalue weighted by Gasteiger charge is 2.20. The fourth-order valence-electron chi connectivity index (χ4n) is 3.71. The minimum absolute atomic E-state index is 0.0938. The molecule has 4 rings (SSSR count). The number of aromatic amines is 1. The number of rotatable bonds is 10. The normalized spacial score (nSPS) is 11.0. The summed E-state index contributed by atoms with van der Waals surface area (Å²) in [4.78, 5) is 33.0. The number of para-hydroxylation sites is 1. The van der Waals surface area contributed by atoms with Gasteiger partial charge in [0, 0.05) is 0 Å². The lowest BCUT2D eigenvalue weighted by atomic mass is 10.1. The van der Waals surface area contributed by atoms with Crippen LogP contribution in [0.2, 0.25) is 0 Å². The van der Waals surface area contributed by atoms with Gasteiger partial charge in [-0.1, -0.05) is 62.7 Å². The number of carbonyl (C=O) groups is 1. The van der Waals surface area contributed by atoms with E-state index in [1.54, 1.807) is 0 Å². The van der Waals surface area contributed by atoms with Gasteiger partial charge in [-0.05, 0) is 30.5 Å². The molecule has 0 amide bonds. The lowest BCUT2D eigenvalue weighted by Gasteiger charge is -2.10. The number of ether oxygens (including phenoxy) is 2. The van der Waals surface area contributed by atoms with Crippen LogP contribution in [-0.2, 0) is 29.1 Å². The molecule has 0 aliphatic heterocycles. The molecule has 0 aliphatic rings. The summed E-state index contributed by atoms with van der Waals surface area (Å²) >= 11 is 0. The maximum absolute atomic E-state index is 12.9. The molecule has 8 heteroatoms. The molecule has 1 N–H and O–H groups in total. The first-order chi connectivity index (χ1) is 16.6. The smallest absolute Gasteiger partial charge is 0.328 e. The van der Waals surface area contributed by atoms with E-state index < -0.39 is 5.97 Å². The van der Waals surface area contributed by atoms with Crippen LogP contribution in [0.15, 0.2) is 59.4 Å². The quantitative estimate of drug-likeness (QED) is 0.355. The zero-order valence-electron chi connectivity index (χ0n) is 19.4. The van der Waals surface area contributed by atoms with E-state index in [1.165, 1.54) is 4.68 Å². The molecule has 0 atom stereocenters. The van der Waals surface area contributed by atoms with Crippen LogP contribution < -0.4 is 10.3 Å². The number of hydrogen-bond acceptors (Lipinski definition) is 6. The molecule has 8 nitrogen and oxygen atoms in total. The highest BCUT2D eigenvalue weighted by atomic mass is 16.5. The van der Waals surface area contributed by atoms with Gasteiger partial charge in [-0.25, -0.2) is 4.98 Å². The molecule has 4 aromatic rings. The van der Waals surface area contributed by atoms with Crippen molar-refractivity contribution in [2.24, 2.45) is 0 Å². The zero-order valence-corrected chi connectivity index (χ0v) is 19.4. The monoisotopic (exact) mass is 460 g/mol. The largest absolute Gasteiger partial charge is 0.493 e. The van der Waals surface area contributed by atoms with Gasteiger partial charge < -0.3 is 14.5 Å². The van der Waals surface area contributed by atoms with Crippen molar-refractivity contribution in [1.82, 2.24) is 19.7 Å². The SMILES string of the molecule is CCCOc1ccccc1-c1nc2c(CCC)n(CC(=O)OCc3ccccc3)nc2c(=O)[nH]1. The van der Waals surface area contributed by atoms with Gasteiger partial charge in [0.25, 0.3) is 5.56 Å². The number of hydrogen-bond donors (Lipinski definition) is 1. The summed E-state index contributed by atoms with van der Waals surface area (Å²) in [6.45, 7) is 4.71. The molecule has 0 bridgehead atoms. The lowest BCUT2D eigenvalue weighted by Crippen LogP contribution is -2.17. The Morgan fingerprint density at radius 3 is 2.53 bits per heavy atom. The van der Waals surface area contributed by atoms with E-state index in [0.29, 0.717) is 35.7 Å². The summed E-state index contributed by atoms with van der Waals surface area (Å²) in [7, 11) is 0. The van der Waals surface area contributed by atoms with Gasteiger partial charge in [-0.3, -0.25) is 14.3 Å². The number of nitrogens with one attached hydrogen (secondary N) is 1. The molecular weight excluding hydrogens is 432 g/mol. The first-order valence-electron chi connectivity index (χ1n) is 11.5. The number of aryl methyl sites for hydroxylation is 1. The van der Waals surface area contributed by atoms with E-state index in [1.807, 2.05) is 68.4 Å². The lowest BCUT2D eigenvalue weighted by molar-refractivity contribution is -0.145. The highest BCUT2D eigenvalue weighted by molar-refractivity contribution is 5.80. The zero-order chi connectivity index (χ0) is 23.9. The van der Waals surface area contributed by atoms with Crippen LogP contribution in [0, 0.1) is 0 Å². The van der Waals surface area contributed by atoms with Crippen molar-refractivity contribution in [3.63, 3.8) is 0 Å². The van der Waals surface area contributed by atoms with Gasteiger partial charge >= 0.3 is 5.97 Å². The van der Waals surface area contributed by atoms with Crippen molar-refractivity contribution < 1.29 is 14.3 Å². The second-order valence-electron chi connectivity index (χ2n) is 7.96. The van der Waals surface area contributed by atoms with Crippen molar-refractivity contribution in [2.75, 3.05) is 6.61 Å². The summed E-state index contributed by atoms with van der Waals surface area (Å²) in [5, 5.41) is 4.41. The summed E-state index contributed by atoms with van der Waals surface area (Å²) in [5.41, 5.74) is 2.67. The van der Waals surface area contributed by atoms with E-state index in [2.05, 4.69) is 10.1 Å². The van der Waals surface area contributed by atoms with Gasteiger partial charge in [0.15, 0.2) is 5.52 Å². The van der Waals surface area contributed by atoms with Gasteiger partial charge in [0.05, 0.1) is 17.9 Å². The third-order valence-electron chi connectivity index (χ3n) is 5.31. The van der Waals surface area contributed by atoms with Crippen molar-refractivity contribution in [3.8, 4) is 17.1 Å². The second-order valence-corrected chi connectivity index (χ2v) is 7.96. The Morgan fingerprint density at radius 1 is 1.00 bits per heavy atom. The van der Waals surface area contributed by atoms with Crippen LogP contribution in [0.4, 0.5) is 0 Å². The van der Waals surface area contributed by atoms with Crippen LogP contribution in [0.5, 0.6) is 5.75 Å². The Kier molecular flexibility index (Phi) is 7.37. The fraction of sp³-hybridized carbons (Fsp3) is 0.308. The number of aromatic nitrogens is 4. The van der Waals surface area contributed by atoms with E-state index in [4.69, 9.17) is 14.5 Å². The van der Waals surface area contributed by atoms with Gasteiger partial charge in [-0.2, -0.15) is 5.10 Å². The molecule has 176 valence electrons. The van der Waals surface area contributed by atoms with Crippen LogP contribution >= 0.6 is 0 Å². The van der Waals surface area contributed by atoms with E-state index in [-0.39, 0.29) is 24.2 Å². The number of fused-ring (bicyclic) bond motifs is 1. The molecule has 34 heavy (non-hydrogen) atoms. The maximum atomic E-state index is 12.9. The van der Waals surface area contributed by atoms with E-state index >= 15 is 0 Å². The topological polar surface area (TPSA) is 99.1 Å². The molecule has 0 unspecified atom stereocenters. The number of benzene rings is 2. The Morgan fingerprint density at radius 2 is 1.76 bits per heavy atom. The number of esters is 1. The standard InChI is InChI=1S/C26H28N4O4/c1-3-10-20-23-24(29-30(20)16-22(31)34-17-18-11-6-5-7-12-18)26(32)28-25(27-23)19-13-8-9-14-21(19)33-15-4-2/h5-9,11-14H,3-4,10,15-17H2,1-2H3,(H,27,28,32). The number of carbonyl (C=O) groups excluding carboxylic acids is 1. The predicted octanol–water partition coefficient (Wildman–Crippen LogP) is 4.27. The Balaban J connectivity index is 1.66. The predicted molar refractivity (Wildman–Crippen MR) is 130 cm³/mol. The molecule has 0 spiro atoms. The van der Waals surface area contributed by atoms with Crippen molar-refractivity contribution in [3.05, 3.63) is 76.2 Å². The van der Waals surface area contributed by atoms with Crippen molar-refractivity contribution >= 4 is 17.0 Å². The van der Waals surface area contributed by atoms with Crippen LogP contribution in [-0.4, -0.2) is 32.3 Å². The fourth-order valence-corrected chi connectivity index (χ4v) is 3.71. The van der Waals surface area contributed by atoms with Crippen molar-refractivity contribution in [2.45, 2.75) is 46.3 Å². The molecule has 0 radical (unpaired) electrons. The molecular formula is C26H28N4O4. The molecule has 2 aromatic carbocycles. The van der Waals surface area contributed by atoms with E-state index in [9.17, 15) is 9.59 Å². The average molecular weight is 461 g/mol. The summed E-state index contributed by atoms with van der Waals surface area (Å²) in [6, 6.07) is 17.0. The second kappa shape index (κ2) is 10.8. The third-order valence-corrected chi connectivity index (χ3v) is 5.31. The first kappa shape index (κ1) is 23.2. The highest BCUT2D eigenvalue weighted by Crippen LogP contribution is 2.28. The number of H-pyrrole nitrogens is 1. The Labute approximate surface area is 197 Å². The molecule has 0 saturated carbocycles. The Bertz CT molecular complexity index is 1330. The summed E-state index contributed by atoms with van der Waals surface area (Å²) < 4.78 is 12.8. The minimum Gasteiger partial charge on any atom is -0.493 e. The Hall–Kier alpha value is -3.94.